The number of pyridine rings is 1. The number of nitrogens with zero attached hydrogens (tertiary/aromatic N) is 3. The highest BCUT2D eigenvalue weighted by atomic mass is 16.5. The van der Waals surface area contributed by atoms with Crippen LogP contribution in [0.5, 0.6) is 0 Å². The number of hydrogen-bond acceptors (Lipinski definition) is 5. The van der Waals surface area contributed by atoms with E-state index in [9.17, 15) is 4.79 Å². The summed E-state index contributed by atoms with van der Waals surface area (Å²) in [6.07, 6.45) is 4.12. The molecule has 0 atom stereocenters. The van der Waals surface area contributed by atoms with Gasteiger partial charge in [0.25, 0.3) is 0 Å². The van der Waals surface area contributed by atoms with Gasteiger partial charge >= 0.3 is 5.97 Å². The predicted octanol–water partition coefficient (Wildman–Crippen LogP) is 2.27. The van der Waals surface area contributed by atoms with Crippen molar-refractivity contribution >= 4 is 11.8 Å². The predicted molar refractivity (Wildman–Crippen MR) is 76.1 cm³/mol. The molecule has 0 radical (unpaired) electrons. The van der Waals surface area contributed by atoms with Gasteiger partial charge in [0.05, 0.1) is 18.4 Å². The van der Waals surface area contributed by atoms with Crippen LogP contribution in [0, 0.1) is 0 Å². The minimum absolute atomic E-state index is 0.346. The van der Waals surface area contributed by atoms with Crippen molar-refractivity contribution < 1.29 is 9.53 Å². The number of carbonyl (C=O) groups is 1. The minimum atomic E-state index is -0.376. The molecule has 0 amide bonds. The lowest BCUT2D eigenvalue weighted by Gasteiger charge is -2.06. The average molecular weight is 274 g/mol. The highest BCUT2D eigenvalue weighted by molar-refractivity contribution is 5.88. The van der Waals surface area contributed by atoms with Gasteiger partial charge < -0.3 is 10.1 Å². The van der Waals surface area contributed by atoms with Crippen molar-refractivity contribution in [3.05, 3.63) is 36.2 Å². The quantitative estimate of drug-likeness (QED) is 0.818. The molecule has 6 heteroatoms. The summed E-state index contributed by atoms with van der Waals surface area (Å²) >= 11 is 0. The summed E-state index contributed by atoms with van der Waals surface area (Å²) in [7, 11) is 0. The first kappa shape index (κ1) is 14.0. The van der Waals surface area contributed by atoms with Gasteiger partial charge in [-0.3, -0.25) is 0 Å². The highest BCUT2D eigenvalue weighted by Gasteiger charge is 2.10. The van der Waals surface area contributed by atoms with Crippen molar-refractivity contribution in [3.63, 3.8) is 0 Å². The molecule has 2 aromatic heterocycles. The Balaban J connectivity index is 2.17. The topological polar surface area (TPSA) is 69.0 Å². The molecule has 0 spiro atoms. The summed E-state index contributed by atoms with van der Waals surface area (Å²) in [5, 5.41) is 7.35. The van der Waals surface area contributed by atoms with Crippen LogP contribution in [0.15, 0.2) is 30.6 Å². The van der Waals surface area contributed by atoms with E-state index < -0.39 is 0 Å². The highest BCUT2D eigenvalue weighted by Crippen LogP contribution is 2.10. The molecule has 106 valence electrons. The number of aromatic nitrogens is 3. The van der Waals surface area contributed by atoms with E-state index in [1.165, 1.54) is 6.20 Å². The molecule has 2 aromatic rings. The van der Waals surface area contributed by atoms with Gasteiger partial charge in [-0.05, 0) is 25.5 Å². The fourth-order valence-corrected chi connectivity index (χ4v) is 1.67. The molecule has 6 nitrogen and oxygen atoms in total. The van der Waals surface area contributed by atoms with Crippen molar-refractivity contribution in [1.82, 2.24) is 14.8 Å². The minimum Gasteiger partial charge on any atom is -0.462 e. The normalized spacial score (nSPS) is 10.3. The second-order valence-electron chi connectivity index (χ2n) is 4.20. The number of hydrogen-bond donors (Lipinski definition) is 1. The maximum atomic E-state index is 11.6. The molecule has 2 heterocycles. The van der Waals surface area contributed by atoms with Gasteiger partial charge in [0.2, 0.25) is 0 Å². The number of rotatable bonds is 6. The van der Waals surface area contributed by atoms with Gasteiger partial charge in [0.15, 0.2) is 5.82 Å². The van der Waals surface area contributed by atoms with Crippen LogP contribution >= 0.6 is 0 Å². The second kappa shape index (κ2) is 6.70. The maximum Gasteiger partial charge on any atom is 0.341 e. The van der Waals surface area contributed by atoms with Gasteiger partial charge in [-0.15, -0.1) is 0 Å². The molecule has 1 N–H and O–H groups in total. The Kier molecular flexibility index (Phi) is 4.70. The van der Waals surface area contributed by atoms with Gasteiger partial charge in [0.1, 0.15) is 5.82 Å². The van der Waals surface area contributed by atoms with Crippen LogP contribution in [0.2, 0.25) is 0 Å². The second-order valence-corrected chi connectivity index (χ2v) is 4.20. The van der Waals surface area contributed by atoms with Crippen LogP contribution in [-0.4, -0.2) is 33.9 Å². The Bertz CT molecular complexity index is 580. The molecule has 0 aliphatic rings. The maximum absolute atomic E-state index is 11.6. The SMILES string of the molecule is CCCNc1cccc(-n2cc(C(=O)OCC)cn2)n1. The van der Waals surface area contributed by atoms with Gasteiger partial charge in [0, 0.05) is 12.7 Å². The zero-order valence-corrected chi connectivity index (χ0v) is 11.7. The summed E-state index contributed by atoms with van der Waals surface area (Å²) in [6, 6.07) is 5.63. The number of carbonyl (C=O) groups excluding carboxylic acids is 1. The van der Waals surface area contributed by atoms with Gasteiger partial charge in [-0.1, -0.05) is 13.0 Å². The van der Waals surface area contributed by atoms with Gasteiger partial charge in [-0.25, -0.2) is 14.5 Å². The summed E-state index contributed by atoms with van der Waals surface area (Å²) in [6.45, 7) is 5.07. The monoisotopic (exact) mass is 274 g/mol. The van der Waals surface area contributed by atoms with E-state index in [-0.39, 0.29) is 5.97 Å². The van der Waals surface area contributed by atoms with Crippen LogP contribution in [0.4, 0.5) is 5.82 Å². The van der Waals surface area contributed by atoms with Crippen molar-refractivity contribution in [2.45, 2.75) is 20.3 Å². The molecule has 0 unspecified atom stereocenters. The van der Waals surface area contributed by atoms with Crippen molar-refractivity contribution in [1.29, 1.82) is 0 Å². The molecule has 0 saturated heterocycles. The molecule has 0 bridgehead atoms. The third kappa shape index (κ3) is 3.34. The van der Waals surface area contributed by atoms with Crippen LogP contribution in [-0.2, 0) is 4.74 Å². The first-order valence-electron chi connectivity index (χ1n) is 6.67. The van der Waals surface area contributed by atoms with Crippen LogP contribution < -0.4 is 5.32 Å². The first-order chi connectivity index (χ1) is 9.74. The standard InChI is InChI=1S/C14H18N4O2/c1-3-8-15-12-6-5-7-13(17-12)18-10-11(9-16-18)14(19)20-4-2/h5-7,9-10H,3-4,8H2,1-2H3,(H,15,17). The smallest absolute Gasteiger partial charge is 0.341 e. The van der Waals surface area contributed by atoms with Crippen molar-refractivity contribution in [3.8, 4) is 5.82 Å². The third-order valence-corrected chi connectivity index (χ3v) is 2.62. The largest absolute Gasteiger partial charge is 0.462 e. The van der Waals surface area contributed by atoms with E-state index in [0.29, 0.717) is 18.0 Å². The number of ether oxygens (including phenoxy) is 1. The van der Waals surface area contributed by atoms with Crippen LogP contribution in [0.1, 0.15) is 30.6 Å². The molecule has 0 fully saturated rings. The molecule has 0 aliphatic heterocycles. The lowest BCUT2D eigenvalue weighted by Crippen LogP contribution is -2.05. The van der Waals surface area contributed by atoms with E-state index in [1.54, 1.807) is 17.8 Å². The molecular weight excluding hydrogens is 256 g/mol. The molecule has 2 rings (SSSR count). The molecule has 0 saturated carbocycles. The molecule has 20 heavy (non-hydrogen) atoms. The fourth-order valence-electron chi connectivity index (χ4n) is 1.67. The number of esters is 1. The lowest BCUT2D eigenvalue weighted by molar-refractivity contribution is 0.0526. The molecular formula is C14H18N4O2. The summed E-state index contributed by atoms with van der Waals surface area (Å²) in [5.74, 6) is 1.07. The van der Waals surface area contributed by atoms with Crippen molar-refractivity contribution in [2.75, 3.05) is 18.5 Å². The zero-order chi connectivity index (χ0) is 14.4. The Morgan fingerprint density at radius 1 is 1.40 bits per heavy atom. The zero-order valence-electron chi connectivity index (χ0n) is 11.7. The van der Waals surface area contributed by atoms with E-state index in [1.807, 2.05) is 18.2 Å². The van der Waals surface area contributed by atoms with Gasteiger partial charge in [-0.2, -0.15) is 5.10 Å². The van der Waals surface area contributed by atoms with Crippen LogP contribution in [0.3, 0.4) is 0 Å². The summed E-state index contributed by atoms with van der Waals surface area (Å²) in [4.78, 5) is 16.0. The first-order valence-corrected chi connectivity index (χ1v) is 6.67. The van der Waals surface area contributed by atoms with E-state index in [0.717, 1.165) is 18.8 Å². The Labute approximate surface area is 117 Å². The Morgan fingerprint density at radius 2 is 2.25 bits per heavy atom. The number of anilines is 1. The van der Waals surface area contributed by atoms with E-state index in [2.05, 4.69) is 22.3 Å². The van der Waals surface area contributed by atoms with Crippen LogP contribution in [0.25, 0.3) is 5.82 Å². The average Bonchev–Trinajstić information content (AvgIpc) is 2.95. The number of nitrogens with one attached hydrogen (secondary N) is 1. The lowest BCUT2D eigenvalue weighted by atomic mass is 10.4. The summed E-state index contributed by atoms with van der Waals surface area (Å²) in [5.41, 5.74) is 0.417. The Morgan fingerprint density at radius 3 is 3.00 bits per heavy atom. The van der Waals surface area contributed by atoms with E-state index >= 15 is 0 Å². The van der Waals surface area contributed by atoms with Crippen molar-refractivity contribution in [2.24, 2.45) is 0 Å². The molecule has 0 aromatic carbocycles. The van der Waals surface area contributed by atoms with E-state index in [4.69, 9.17) is 4.74 Å². The molecule has 0 aliphatic carbocycles. The summed E-state index contributed by atoms with van der Waals surface area (Å²) < 4.78 is 6.49. The third-order valence-electron chi connectivity index (χ3n) is 2.62. The fraction of sp³-hybridized carbons (Fsp3) is 0.357. The Hall–Kier alpha value is -2.37.